The second kappa shape index (κ2) is 14.7. The number of anilines is 2. The highest BCUT2D eigenvalue weighted by atomic mass is 35.5. The number of carboxylic acids is 1. The molecule has 0 saturated carbocycles. The van der Waals surface area contributed by atoms with Crippen molar-refractivity contribution in [3.63, 3.8) is 0 Å². The Morgan fingerprint density at radius 3 is 2.86 bits per heavy atom. The van der Waals surface area contributed by atoms with Gasteiger partial charge < -0.3 is 25.4 Å². The minimum absolute atomic E-state index is 0. The van der Waals surface area contributed by atoms with Crippen LogP contribution in [0, 0.1) is 0 Å². The molecule has 0 saturated heterocycles. The molecule has 0 fully saturated rings. The minimum atomic E-state index is -0.892. The van der Waals surface area contributed by atoms with Gasteiger partial charge in [0.1, 0.15) is 24.0 Å². The third-order valence-corrected chi connectivity index (χ3v) is 6.61. The molecular weight excluding hydrogens is 492 g/mol. The number of carbonyl (C=O) groups is 1. The zero-order valence-electron chi connectivity index (χ0n) is 21.4. The fraction of sp³-hybridized carbons (Fsp3) is 0.481. The summed E-state index contributed by atoms with van der Waals surface area (Å²) >= 11 is 0. The second-order valence-corrected chi connectivity index (χ2v) is 9.20. The van der Waals surface area contributed by atoms with Crippen molar-refractivity contribution in [2.75, 3.05) is 50.5 Å². The van der Waals surface area contributed by atoms with Crippen LogP contribution in [0.2, 0.25) is 0 Å². The molecule has 0 aliphatic carbocycles. The molecule has 200 valence electrons. The molecule has 3 heterocycles. The highest BCUT2D eigenvalue weighted by Crippen LogP contribution is 2.21. The first-order chi connectivity index (χ1) is 17.6. The van der Waals surface area contributed by atoms with Gasteiger partial charge in [0.2, 0.25) is 0 Å². The van der Waals surface area contributed by atoms with Crippen LogP contribution in [-0.4, -0.2) is 76.9 Å². The van der Waals surface area contributed by atoms with E-state index in [1.54, 1.807) is 7.11 Å². The van der Waals surface area contributed by atoms with E-state index in [-0.39, 0.29) is 12.4 Å². The number of aryl methyl sites for hydroxylation is 2. The first-order valence-corrected chi connectivity index (χ1v) is 12.8. The van der Waals surface area contributed by atoms with Crippen LogP contribution in [0.1, 0.15) is 36.9 Å². The predicted molar refractivity (Wildman–Crippen MR) is 149 cm³/mol. The molecule has 1 aliphatic heterocycles. The highest BCUT2D eigenvalue weighted by Gasteiger charge is 2.20. The van der Waals surface area contributed by atoms with E-state index in [0.717, 1.165) is 67.7 Å². The summed E-state index contributed by atoms with van der Waals surface area (Å²) in [6.07, 6.45) is 7.16. The molecule has 0 spiro atoms. The Hall–Kier alpha value is -3.01. The monoisotopic (exact) mass is 528 g/mol. The average Bonchev–Trinajstić information content (AvgIpc) is 2.91. The molecule has 3 aromatic rings. The predicted octanol–water partition coefficient (Wildman–Crippen LogP) is 4.03. The first kappa shape index (κ1) is 28.6. The molecule has 0 amide bonds. The van der Waals surface area contributed by atoms with E-state index in [9.17, 15) is 9.90 Å². The molecule has 37 heavy (non-hydrogen) atoms. The van der Waals surface area contributed by atoms with Crippen LogP contribution in [0.4, 0.5) is 11.6 Å². The lowest BCUT2D eigenvalue weighted by molar-refractivity contribution is -0.138. The Kier molecular flexibility index (Phi) is 11.3. The van der Waals surface area contributed by atoms with Gasteiger partial charge in [-0.15, -0.1) is 12.4 Å². The van der Waals surface area contributed by atoms with Gasteiger partial charge in [-0.3, -0.25) is 0 Å². The lowest BCUT2D eigenvalue weighted by atomic mass is 10.1. The van der Waals surface area contributed by atoms with E-state index < -0.39 is 12.0 Å². The molecule has 1 aliphatic rings. The Morgan fingerprint density at radius 1 is 1.16 bits per heavy atom. The average molecular weight is 529 g/mol. The molecule has 3 N–H and O–H groups in total. The third kappa shape index (κ3) is 8.24. The number of hydrogen-bond acceptors (Lipinski definition) is 8. The number of benzene rings is 1. The summed E-state index contributed by atoms with van der Waals surface area (Å²) in [5.41, 5.74) is 3.22. The van der Waals surface area contributed by atoms with Gasteiger partial charge in [-0.05, 0) is 68.8 Å². The fourth-order valence-corrected chi connectivity index (χ4v) is 4.56. The number of carboxylic acid groups (broad SMARTS) is 1. The number of unbranched alkanes of at least 4 members (excludes halogenated alkanes) is 1. The summed E-state index contributed by atoms with van der Waals surface area (Å²) < 4.78 is 5.29. The van der Waals surface area contributed by atoms with Gasteiger partial charge in [-0.25, -0.2) is 19.7 Å². The summed E-state index contributed by atoms with van der Waals surface area (Å²) in [6, 6.07) is 11.2. The number of aromatic nitrogens is 3. The molecule has 9 nitrogen and oxygen atoms in total. The third-order valence-electron chi connectivity index (χ3n) is 6.61. The van der Waals surface area contributed by atoms with Crippen LogP contribution >= 0.6 is 12.4 Å². The van der Waals surface area contributed by atoms with Crippen molar-refractivity contribution in [2.24, 2.45) is 0 Å². The summed E-state index contributed by atoms with van der Waals surface area (Å²) in [5.74, 6) is 0.698. The van der Waals surface area contributed by atoms with E-state index in [0.29, 0.717) is 25.4 Å². The SMILES string of the molecule is COCCN(CCCCc1ccc2c(n1)NCCC2)CCC(Nc1ncnc2ccccc12)C(=O)O.Cl. The van der Waals surface area contributed by atoms with Crippen molar-refractivity contribution in [2.45, 2.75) is 44.6 Å². The van der Waals surface area contributed by atoms with E-state index >= 15 is 0 Å². The number of hydrogen-bond donors (Lipinski definition) is 3. The number of methoxy groups -OCH3 is 1. The smallest absolute Gasteiger partial charge is 0.326 e. The lowest BCUT2D eigenvalue weighted by Crippen LogP contribution is -2.37. The maximum atomic E-state index is 12.0. The number of pyridine rings is 1. The molecule has 2 aromatic heterocycles. The van der Waals surface area contributed by atoms with Gasteiger partial charge in [0, 0.05) is 37.8 Å². The molecule has 0 bridgehead atoms. The highest BCUT2D eigenvalue weighted by molar-refractivity contribution is 5.90. The van der Waals surface area contributed by atoms with Crippen LogP contribution < -0.4 is 10.6 Å². The van der Waals surface area contributed by atoms with Gasteiger partial charge in [0.25, 0.3) is 0 Å². The minimum Gasteiger partial charge on any atom is -0.480 e. The molecule has 1 unspecified atom stereocenters. The molecular formula is C27H37ClN6O3. The van der Waals surface area contributed by atoms with Crippen molar-refractivity contribution in [1.82, 2.24) is 19.9 Å². The maximum Gasteiger partial charge on any atom is 0.326 e. The van der Waals surface area contributed by atoms with Gasteiger partial charge in [0.05, 0.1) is 12.1 Å². The van der Waals surface area contributed by atoms with E-state index in [1.165, 1.54) is 18.3 Å². The largest absolute Gasteiger partial charge is 0.480 e. The quantitative estimate of drug-likeness (QED) is 0.267. The normalized spacial score (nSPS) is 13.5. The van der Waals surface area contributed by atoms with Crippen molar-refractivity contribution in [3.05, 3.63) is 54.0 Å². The summed E-state index contributed by atoms with van der Waals surface area (Å²) in [5, 5.41) is 17.2. The Morgan fingerprint density at radius 2 is 2.03 bits per heavy atom. The number of fused-ring (bicyclic) bond motifs is 2. The van der Waals surface area contributed by atoms with E-state index in [4.69, 9.17) is 9.72 Å². The molecule has 10 heteroatoms. The summed E-state index contributed by atoms with van der Waals surface area (Å²) in [7, 11) is 1.69. The zero-order valence-corrected chi connectivity index (χ0v) is 22.2. The first-order valence-electron chi connectivity index (χ1n) is 12.8. The van der Waals surface area contributed by atoms with E-state index in [2.05, 4.69) is 37.6 Å². The lowest BCUT2D eigenvalue weighted by Gasteiger charge is -2.24. The second-order valence-electron chi connectivity index (χ2n) is 9.20. The van der Waals surface area contributed by atoms with E-state index in [1.807, 2.05) is 24.3 Å². The number of nitrogens with zero attached hydrogens (tertiary/aromatic N) is 4. The standard InChI is InChI=1S/C27H36N6O3.ClH/c1-36-18-17-33(15-5-4-8-21-12-11-20-7-6-14-28-25(20)31-21)16-13-24(27(34)35)32-26-22-9-2-3-10-23(22)29-19-30-26;/h2-3,9-12,19,24H,4-8,13-18H2,1H3,(H,28,31)(H,34,35)(H,29,30,32);1H. The Labute approximate surface area is 224 Å². The van der Waals surface area contributed by atoms with Gasteiger partial charge >= 0.3 is 5.97 Å². The van der Waals surface area contributed by atoms with Crippen molar-refractivity contribution < 1.29 is 14.6 Å². The van der Waals surface area contributed by atoms with Crippen molar-refractivity contribution in [1.29, 1.82) is 0 Å². The van der Waals surface area contributed by atoms with Crippen LogP contribution in [0.15, 0.2) is 42.7 Å². The molecule has 1 aromatic carbocycles. The summed E-state index contributed by atoms with van der Waals surface area (Å²) in [6.45, 7) is 3.91. The molecule has 0 radical (unpaired) electrons. The van der Waals surface area contributed by atoms with Crippen LogP contribution in [0.5, 0.6) is 0 Å². The Balaban J connectivity index is 0.00000380. The number of nitrogens with one attached hydrogen (secondary N) is 2. The molecule has 1 atom stereocenters. The number of halogens is 1. The van der Waals surface area contributed by atoms with Gasteiger partial charge in [-0.2, -0.15) is 0 Å². The summed E-state index contributed by atoms with van der Waals surface area (Å²) in [4.78, 5) is 27.6. The van der Waals surface area contributed by atoms with Gasteiger partial charge in [-0.1, -0.05) is 18.2 Å². The van der Waals surface area contributed by atoms with Crippen LogP contribution in [0.25, 0.3) is 10.9 Å². The topological polar surface area (TPSA) is 113 Å². The number of aliphatic carboxylic acids is 1. The van der Waals surface area contributed by atoms with Crippen LogP contribution in [-0.2, 0) is 22.4 Å². The van der Waals surface area contributed by atoms with Gasteiger partial charge in [0.15, 0.2) is 0 Å². The van der Waals surface area contributed by atoms with Crippen LogP contribution in [0.3, 0.4) is 0 Å². The maximum absolute atomic E-state index is 12.0. The Bertz CT molecular complexity index is 1140. The number of para-hydroxylation sites is 1. The molecule has 4 rings (SSSR count). The number of ether oxygens (including phenoxy) is 1. The fourth-order valence-electron chi connectivity index (χ4n) is 4.56. The van der Waals surface area contributed by atoms with Crippen molar-refractivity contribution >= 4 is 40.9 Å². The zero-order chi connectivity index (χ0) is 25.2. The van der Waals surface area contributed by atoms with Crippen molar-refractivity contribution in [3.8, 4) is 0 Å². The number of rotatable bonds is 14.